The Balaban J connectivity index is 1.62. The molecule has 9 heteroatoms. The first-order valence-electron chi connectivity index (χ1n) is 10.3. The van der Waals surface area contributed by atoms with Gasteiger partial charge in [0.25, 0.3) is 0 Å². The van der Waals surface area contributed by atoms with Crippen molar-refractivity contribution in [3.8, 4) is 5.88 Å². The highest BCUT2D eigenvalue weighted by atomic mass is 16.3. The normalized spacial score (nSPS) is 23.9. The van der Waals surface area contributed by atoms with Crippen LogP contribution in [0.3, 0.4) is 0 Å². The van der Waals surface area contributed by atoms with Crippen LogP contribution in [0.15, 0.2) is 22.1 Å². The molecule has 0 unspecified atom stereocenters. The maximum absolute atomic E-state index is 11.4. The van der Waals surface area contributed by atoms with Gasteiger partial charge in [-0.2, -0.15) is 5.10 Å². The molecule has 29 heavy (non-hydrogen) atoms. The molecule has 0 saturated heterocycles. The standard InChI is InChI=1S/C20H25N7O2/c21-13-3-5-14(6-4-13)23-17-9-15(7-11-1-2-11)27-18(25-17)12(10-22-27)8-16-19(28)26-20(29)24-16/h8-11,13-14,28H,1-7,21H2,(H2,24,26,29). The van der Waals surface area contributed by atoms with Crippen LogP contribution in [0.1, 0.15) is 49.9 Å². The third-order valence-electron chi connectivity index (χ3n) is 5.85. The van der Waals surface area contributed by atoms with E-state index in [-0.39, 0.29) is 18.0 Å². The number of hydrogen-bond acceptors (Lipinski definition) is 6. The molecule has 2 aliphatic rings. The predicted octanol–water partition coefficient (Wildman–Crippen LogP) is 0.122. The van der Waals surface area contributed by atoms with E-state index in [1.807, 2.05) is 10.6 Å². The maximum atomic E-state index is 11.4. The summed E-state index contributed by atoms with van der Waals surface area (Å²) < 4.78 is 1.85. The lowest BCUT2D eigenvalue weighted by atomic mass is 9.92. The third-order valence-corrected chi connectivity index (χ3v) is 5.85. The number of fused-ring (bicyclic) bond motifs is 1. The quantitative estimate of drug-likeness (QED) is 0.497. The lowest BCUT2D eigenvalue weighted by Crippen LogP contribution is -2.29. The molecule has 0 bridgehead atoms. The highest BCUT2D eigenvalue weighted by molar-refractivity contribution is 5.56. The molecule has 3 aromatic rings. The van der Waals surface area contributed by atoms with Gasteiger partial charge in [-0.15, -0.1) is 0 Å². The van der Waals surface area contributed by atoms with E-state index < -0.39 is 5.69 Å². The molecule has 0 atom stereocenters. The van der Waals surface area contributed by atoms with Crippen molar-refractivity contribution >= 4 is 11.7 Å². The minimum atomic E-state index is -0.459. The minimum absolute atomic E-state index is 0.202. The second kappa shape index (κ2) is 7.14. The number of aromatic hydroxyl groups is 1. The molecule has 2 aliphatic carbocycles. The summed E-state index contributed by atoms with van der Waals surface area (Å²) in [6, 6.07) is 2.58. The summed E-state index contributed by atoms with van der Waals surface area (Å²) in [5, 5.41) is 15.1. The lowest BCUT2D eigenvalue weighted by molar-refractivity contribution is 0.391. The molecule has 3 heterocycles. The monoisotopic (exact) mass is 395 g/mol. The Morgan fingerprint density at radius 2 is 2.03 bits per heavy atom. The molecule has 0 aromatic carbocycles. The van der Waals surface area contributed by atoms with Crippen LogP contribution in [0.25, 0.3) is 11.7 Å². The van der Waals surface area contributed by atoms with Crippen LogP contribution in [0, 0.1) is 5.92 Å². The molecule has 152 valence electrons. The number of nitrogens with one attached hydrogen (secondary N) is 2. The van der Waals surface area contributed by atoms with E-state index in [0.29, 0.717) is 17.3 Å². The van der Waals surface area contributed by atoms with Gasteiger partial charge in [0.05, 0.1) is 12.2 Å². The zero-order valence-corrected chi connectivity index (χ0v) is 16.1. The zero-order valence-electron chi connectivity index (χ0n) is 16.1. The van der Waals surface area contributed by atoms with Crippen molar-refractivity contribution in [1.82, 2.24) is 24.6 Å². The number of rotatable bonds is 4. The van der Waals surface area contributed by atoms with Crippen molar-refractivity contribution in [2.45, 2.75) is 57.0 Å². The molecule has 0 radical (unpaired) electrons. The van der Waals surface area contributed by atoms with E-state index in [1.54, 1.807) is 12.3 Å². The van der Waals surface area contributed by atoms with E-state index in [9.17, 15) is 9.90 Å². The van der Waals surface area contributed by atoms with Crippen LogP contribution < -0.4 is 22.1 Å². The fourth-order valence-electron chi connectivity index (χ4n) is 4.02. The average Bonchev–Trinajstić information content (AvgIpc) is 3.33. The number of imidazole rings is 1. The third kappa shape index (κ3) is 3.82. The van der Waals surface area contributed by atoms with Gasteiger partial charge in [0.1, 0.15) is 5.69 Å². The number of aromatic nitrogens is 5. The molecule has 2 saturated carbocycles. The summed E-state index contributed by atoms with van der Waals surface area (Å²) in [5.41, 5.74) is 8.36. The first kappa shape index (κ1) is 18.1. The molecule has 5 N–H and O–H groups in total. The SMILES string of the molecule is NC1CCC(N=c2cc(CC3CC3)n3ncc(=Cc4[nH]c(=O)[nH]c4O)c3n2)CC1. The number of aromatic amines is 2. The largest absolute Gasteiger partial charge is 0.493 e. The molecule has 9 nitrogen and oxygen atoms in total. The molecule has 0 aliphatic heterocycles. The molecule has 2 fully saturated rings. The van der Waals surface area contributed by atoms with Gasteiger partial charge in [-0.25, -0.2) is 14.3 Å². The van der Waals surface area contributed by atoms with Crippen LogP contribution in [0.4, 0.5) is 0 Å². The highest BCUT2D eigenvalue weighted by Gasteiger charge is 2.24. The number of nitrogens with two attached hydrogens (primary N) is 1. The Kier molecular flexibility index (Phi) is 4.46. The topological polar surface area (TPSA) is 137 Å². The fourth-order valence-corrected chi connectivity index (χ4v) is 4.02. The Bertz CT molecular complexity index is 1210. The predicted molar refractivity (Wildman–Crippen MR) is 107 cm³/mol. The summed E-state index contributed by atoms with van der Waals surface area (Å²) in [4.78, 5) is 26.0. The van der Waals surface area contributed by atoms with Crippen LogP contribution in [-0.4, -0.2) is 41.8 Å². The summed E-state index contributed by atoms with van der Waals surface area (Å²) >= 11 is 0. The van der Waals surface area contributed by atoms with E-state index in [2.05, 4.69) is 15.1 Å². The second-order valence-electron chi connectivity index (χ2n) is 8.27. The smallest absolute Gasteiger partial charge is 0.326 e. The van der Waals surface area contributed by atoms with Gasteiger partial charge >= 0.3 is 5.69 Å². The Morgan fingerprint density at radius 3 is 2.72 bits per heavy atom. The lowest BCUT2D eigenvalue weighted by Gasteiger charge is -2.22. The van der Waals surface area contributed by atoms with Crippen LogP contribution >= 0.6 is 0 Å². The molecule has 5 rings (SSSR count). The number of hydrogen-bond donors (Lipinski definition) is 4. The summed E-state index contributed by atoms with van der Waals surface area (Å²) in [6.45, 7) is 0. The van der Waals surface area contributed by atoms with Gasteiger partial charge in [0.15, 0.2) is 11.1 Å². The Labute approximate surface area is 166 Å². The molecule has 0 amide bonds. The van der Waals surface area contributed by atoms with Crippen molar-refractivity contribution in [1.29, 1.82) is 0 Å². The van der Waals surface area contributed by atoms with Crippen molar-refractivity contribution in [2.24, 2.45) is 16.6 Å². The summed E-state index contributed by atoms with van der Waals surface area (Å²) in [7, 11) is 0. The van der Waals surface area contributed by atoms with Crippen molar-refractivity contribution in [3.63, 3.8) is 0 Å². The zero-order chi connectivity index (χ0) is 20.0. The first-order valence-corrected chi connectivity index (χ1v) is 10.3. The van der Waals surface area contributed by atoms with Gasteiger partial charge in [0.2, 0.25) is 5.88 Å². The first-order chi connectivity index (χ1) is 14.0. The van der Waals surface area contributed by atoms with Gasteiger partial charge in [-0.05, 0) is 56.9 Å². The number of H-pyrrole nitrogens is 2. The van der Waals surface area contributed by atoms with Crippen LogP contribution in [0.2, 0.25) is 0 Å². The minimum Gasteiger partial charge on any atom is -0.493 e. The van der Waals surface area contributed by atoms with Crippen molar-refractivity contribution in [2.75, 3.05) is 0 Å². The van der Waals surface area contributed by atoms with E-state index in [4.69, 9.17) is 15.7 Å². The van der Waals surface area contributed by atoms with Crippen molar-refractivity contribution in [3.05, 3.63) is 44.8 Å². The van der Waals surface area contributed by atoms with Gasteiger partial charge in [-0.1, -0.05) is 0 Å². The molecule has 0 spiro atoms. The second-order valence-corrected chi connectivity index (χ2v) is 8.27. The molecule has 3 aromatic heterocycles. The van der Waals surface area contributed by atoms with E-state index in [1.165, 1.54) is 12.8 Å². The fraction of sp³-hybridized carbons (Fsp3) is 0.500. The van der Waals surface area contributed by atoms with Crippen molar-refractivity contribution < 1.29 is 5.11 Å². The summed E-state index contributed by atoms with van der Waals surface area (Å²) in [5.74, 6) is 0.495. The van der Waals surface area contributed by atoms with E-state index in [0.717, 1.165) is 48.5 Å². The van der Waals surface area contributed by atoms with Gasteiger partial charge < -0.3 is 15.8 Å². The molecular formula is C20H25N7O2. The summed E-state index contributed by atoms with van der Waals surface area (Å²) in [6.07, 6.45) is 10.8. The Morgan fingerprint density at radius 1 is 1.24 bits per heavy atom. The van der Waals surface area contributed by atoms with Gasteiger partial charge in [-0.3, -0.25) is 9.98 Å². The highest BCUT2D eigenvalue weighted by Crippen LogP contribution is 2.32. The average molecular weight is 395 g/mol. The van der Waals surface area contributed by atoms with Crippen LogP contribution in [0.5, 0.6) is 5.88 Å². The molecular weight excluding hydrogens is 370 g/mol. The maximum Gasteiger partial charge on any atom is 0.326 e. The number of nitrogens with zero attached hydrogens (tertiary/aromatic N) is 4. The van der Waals surface area contributed by atoms with E-state index >= 15 is 0 Å². The van der Waals surface area contributed by atoms with Crippen LogP contribution in [-0.2, 0) is 6.42 Å². The Hall–Kier alpha value is -2.94. The van der Waals surface area contributed by atoms with Gasteiger partial charge in [0, 0.05) is 23.0 Å².